The molecule has 0 saturated heterocycles. The number of hydrogen-bond acceptors (Lipinski definition) is 6. The van der Waals surface area contributed by atoms with E-state index in [1.54, 1.807) is 0 Å². The van der Waals surface area contributed by atoms with Gasteiger partial charge in [0.1, 0.15) is 17.5 Å². The maximum absolute atomic E-state index is 5.72. The van der Waals surface area contributed by atoms with Crippen molar-refractivity contribution in [1.82, 2.24) is 14.9 Å². The van der Waals surface area contributed by atoms with Gasteiger partial charge in [0.25, 0.3) is 0 Å². The Morgan fingerprint density at radius 2 is 1.89 bits per heavy atom. The molecule has 6 heteroatoms. The Kier molecular flexibility index (Phi) is 6.52. The molecule has 0 radical (unpaired) electrons. The van der Waals surface area contributed by atoms with Crippen LogP contribution in [0.5, 0.6) is 0 Å². The van der Waals surface area contributed by atoms with Crippen LogP contribution in [0.15, 0.2) is 6.07 Å². The molecule has 1 atom stereocenters. The highest BCUT2D eigenvalue weighted by molar-refractivity contribution is 5.47. The smallest absolute Gasteiger partial charge is 0.131 e. The van der Waals surface area contributed by atoms with Gasteiger partial charge in [0, 0.05) is 25.2 Å². The monoisotopic (exact) mass is 266 g/mol. The van der Waals surface area contributed by atoms with Crippen LogP contribution >= 0.6 is 0 Å². The van der Waals surface area contributed by atoms with Crippen molar-refractivity contribution in [3.8, 4) is 0 Å². The Morgan fingerprint density at radius 1 is 1.26 bits per heavy atom. The second-order valence-corrected chi connectivity index (χ2v) is 5.13. The molecule has 0 amide bonds. The lowest BCUT2D eigenvalue weighted by Crippen LogP contribution is -2.25. The summed E-state index contributed by atoms with van der Waals surface area (Å²) in [7, 11) is 4.15. The highest BCUT2D eigenvalue weighted by Gasteiger charge is 2.02. The average Bonchev–Trinajstić information content (AvgIpc) is 2.31. The van der Waals surface area contributed by atoms with Gasteiger partial charge in [0.15, 0.2) is 0 Å². The van der Waals surface area contributed by atoms with Gasteiger partial charge in [-0.1, -0.05) is 0 Å². The van der Waals surface area contributed by atoms with Crippen molar-refractivity contribution in [3.05, 3.63) is 11.9 Å². The minimum Gasteiger partial charge on any atom is -0.370 e. The molecule has 0 aromatic carbocycles. The fourth-order valence-corrected chi connectivity index (χ4v) is 1.63. The first-order chi connectivity index (χ1) is 8.97. The molecular weight excluding hydrogens is 240 g/mol. The van der Waals surface area contributed by atoms with Gasteiger partial charge >= 0.3 is 0 Å². The first-order valence-corrected chi connectivity index (χ1v) is 6.71. The summed E-state index contributed by atoms with van der Waals surface area (Å²) in [4.78, 5) is 10.9. The summed E-state index contributed by atoms with van der Waals surface area (Å²) in [5, 5.41) is 6.53. The number of hydrogen-bond donors (Lipinski definition) is 3. The first kappa shape index (κ1) is 15.7. The Hall–Kier alpha value is -1.40. The van der Waals surface area contributed by atoms with Gasteiger partial charge in [0.05, 0.1) is 0 Å². The Labute approximate surface area is 115 Å². The molecule has 1 aromatic heterocycles. The van der Waals surface area contributed by atoms with E-state index in [0.29, 0.717) is 6.54 Å². The Morgan fingerprint density at radius 3 is 2.47 bits per heavy atom. The third kappa shape index (κ3) is 6.93. The number of aromatic nitrogens is 2. The van der Waals surface area contributed by atoms with E-state index >= 15 is 0 Å². The first-order valence-electron chi connectivity index (χ1n) is 6.71. The molecule has 6 nitrogen and oxygen atoms in total. The zero-order valence-electron chi connectivity index (χ0n) is 12.4. The van der Waals surface area contributed by atoms with Crippen LogP contribution in [0.25, 0.3) is 0 Å². The number of rotatable bonds is 8. The molecule has 0 fully saturated rings. The lowest BCUT2D eigenvalue weighted by atomic mass is 10.3. The summed E-state index contributed by atoms with van der Waals surface area (Å²) < 4.78 is 0. The number of nitrogens with two attached hydrogens (primary N) is 1. The SMILES string of the molecule is Cc1nc(NCCCN(C)C)cc(NCC(C)N)n1. The maximum Gasteiger partial charge on any atom is 0.131 e. The highest BCUT2D eigenvalue weighted by Crippen LogP contribution is 2.10. The van der Waals surface area contributed by atoms with E-state index in [-0.39, 0.29) is 6.04 Å². The summed E-state index contributed by atoms with van der Waals surface area (Å²) in [5.74, 6) is 2.43. The van der Waals surface area contributed by atoms with Gasteiger partial charge in [-0.3, -0.25) is 0 Å². The van der Waals surface area contributed by atoms with Crippen molar-refractivity contribution in [2.24, 2.45) is 5.73 Å². The lowest BCUT2D eigenvalue weighted by Gasteiger charge is -2.12. The van der Waals surface area contributed by atoms with Crippen LogP contribution in [0.4, 0.5) is 11.6 Å². The molecule has 4 N–H and O–H groups in total. The van der Waals surface area contributed by atoms with Crippen molar-refractivity contribution in [3.63, 3.8) is 0 Å². The predicted octanol–water partition coefficient (Wildman–Crippen LogP) is 0.908. The van der Waals surface area contributed by atoms with Gasteiger partial charge < -0.3 is 21.3 Å². The van der Waals surface area contributed by atoms with E-state index in [2.05, 4.69) is 39.6 Å². The molecular formula is C13H26N6. The van der Waals surface area contributed by atoms with E-state index in [1.807, 2.05) is 19.9 Å². The third-order valence-electron chi connectivity index (χ3n) is 2.53. The molecule has 0 aliphatic heterocycles. The van der Waals surface area contributed by atoms with E-state index in [0.717, 1.165) is 37.0 Å². The molecule has 1 aromatic rings. The van der Waals surface area contributed by atoms with Gasteiger partial charge in [0.2, 0.25) is 0 Å². The topological polar surface area (TPSA) is 79.1 Å². The van der Waals surface area contributed by atoms with E-state index in [4.69, 9.17) is 5.73 Å². The lowest BCUT2D eigenvalue weighted by molar-refractivity contribution is 0.405. The second kappa shape index (κ2) is 7.91. The molecule has 0 spiro atoms. The minimum absolute atomic E-state index is 0.103. The molecule has 0 aliphatic carbocycles. The van der Waals surface area contributed by atoms with Crippen molar-refractivity contribution < 1.29 is 0 Å². The zero-order valence-corrected chi connectivity index (χ0v) is 12.4. The normalized spacial score (nSPS) is 12.5. The molecule has 0 bridgehead atoms. The Balaban J connectivity index is 2.48. The minimum atomic E-state index is 0.103. The average molecular weight is 266 g/mol. The largest absolute Gasteiger partial charge is 0.370 e. The summed E-state index contributed by atoms with van der Waals surface area (Å²) in [6.45, 7) is 6.52. The quantitative estimate of drug-likeness (QED) is 0.607. The predicted molar refractivity (Wildman–Crippen MR) is 80.6 cm³/mol. The summed E-state index contributed by atoms with van der Waals surface area (Å²) >= 11 is 0. The molecule has 1 unspecified atom stereocenters. The number of aryl methyl sites for hydroxylation is 1. The fraction of sp³-hybridized carbons (Fsp3) is 0.692. The summed E-state index contributed by atoms with van der Waals surface area (Å²) in [6.07, 6.45) is 1.08. The van der Waals surface area contributed by atoms with E-state index in [1.165, 1.54) is 0 Å². The van der Waals surface area contributed by atoms with Crippen LogP contribution in [0, 0.1) is 6.92 Å². The molecule has 19 heavy (non-hydrogen) atoms. The molecule has 1 heterocycles. The fourth-order valence-electron chi connectivity index (χ4n) is 1.63. The molecule has 108 valence electrons. The zero-order chi connectivity index (χ0) is 14.3. The van der Waals surface area contributed by atoms with Crippen LogP contribution in [0.2, 0.25) is 0 Å². The van der Waals surface area contributed by atoms with Crippen LogP contribution in [0.3, 0.4) is 0 Å². The Bertz CT molecular complexity index is 377. The van der Waals surface area contributed by atoms with Gasteiger partial charge in [-0.05, 0) is 40.9 Å². The van der Waals surface area contributed by atoms with Crippen LogP contribution in [0.1, 0.15) is 19.2 Å². The standard InChI is InChI=1S/C13H26N6/c1-10(14)9-16-13-8-12(17-11(2)18-13)15-6-5-7-19(3)4/h8,10H,5-7,9,14H2,1-4H3,(H2,15,16,17,18). The number of nitrogens with zero attached hydrogens (tertiary/aromatic N) is 3. The van der Waals surface area contributed by atoms with Gasteiger partial charge in [-0.15, -0.1) is 0 Å². The molecule has 0 saturated carbocycles. The number of nitrogens with one attached hydrogen (secondary N) is 2. The molecule has 1 rings (SSSR count). The van der Waals surface area contributed by atoms with Crippen LogP contribution < -0.4 is 16.4 Å². The van der Waals surface area contributed by atoms with Gasteiger partial charge in [-0.25, -0.2) is 9.97 Å². The van der Waals surface area contributed by atoms with Crippen LogP contribution in [-0.2, 0) is 0 Å². The third-order valence-corrected chi connectivity index (χ3v) is 2.53. The maximum atomic E-state index is 5.72. The van der Waals surface area contributed by atoms with Crippen molar-refractivity contribution in [2.75, 3.05) is 44.4 Å². The number of anilines is 2. The van der Waals surface area contributed by atoms with Crippen molar-refractivity contribution in [2.45, 2.75) is 26.3 Å². The van der Waals surface area contributed by atoms with E-state index in [9.17, 15) is 0 Å². The van der Waals surface area contributed by atoms with E-state index < -0.39 is 0 Å². The summed E-state index contributed by atoms with van der Waals surface area (Å²) in [5.41, 5.74) is 5.72. The summed E-state index contributed by atoms with van der Waals surface area (Å²) in [6, 6.07) is 2.03. The van der Waals surface area contributed by atoms with Gasteiger partial charge in [-0.2, -0.15) is 0 Å². The second-order valence-electron chi connectivity index (χ2n) is 5.13. The van der Waals surface area contributed by atoms with Crippen molar-refractivity contribution in [1.29, 1.82) is 0 Å². The molecule has 0 aliphatic rings. The van der Waals surface area contributed by atoms with Crippen molar-refractivity contribution >= 4 is 11.6 Å². The van der Waals surface area contributed by atoms with Crippen LogP contribution in [-0.4, -0.2) is 54.6 Å². The highest BCUT2D eigenvalue weighted by atomic mass is 15.1.